The van der Waals surface area contributed by atoms with Crippen molar-refractivity contribution in [3.8, 4) is 0 Å². The number of rotatable bonds is 5. The first kappa shape index (κ1) is 16.2. The number of aromatic nitrogens is 2. The Bertz CT molecular complexity index is 680. The Morgan fingerprint density at radius 1 is 1.12 bits per heavy atom. The molecule has 0 aromatic carbocycles. The normalized spacial score (nSPS) is 14.9. The first-order valence-corrected chi connectivity index (χ1v) is 8.35. The highest BCUT2D eigenvalue weighted by Crippen LogP contribution is 2.18. The lowest BCUT2D eigenvalue weighted by atomic mass is 10.2. The third-order valence-corrected chi connectivity index (χ3v) is 4.22. The number of pyridine rings is 2. The van der Waals surface area contributed by atoms with Crippen molar-refractivity contribution in [1.82, 2.24) is 9.97 Å². The number of carboxylic acid groups (broad SMARTS) is 1. The van der Waals surface area contributed by atoms with Gasteiger partial charge in [-0.15, -0.1) is 0 Å². The van der Waals surface area contributed by atoms with E-state index in [4.69, 9.17) is 5.11 Å². The van der Waals surface area contributed by atoms with Gasteiger partial charge in [0.15, 0.2) is 0 Å². The molecule has 1 aliphatic rings. The molecule has 1 saturated heterocycles. The minimum atomic E-state index is -0.967. The van der Waals surface area contributed by atoms with Gasteiger partial charge in [0, 0.05) is 32.0 Å². The van der Waals surface area contributed by atoms with E-state index in [2.05, 4.69) is 26.3 Å². The zero-order valence-electron chi connectivity index (χ0n) is 13.6. The minimum Gasteiger partial charge on any atom is -0.478 e. The maximum absolute atomic E-state index is 10.8. The van der Waals surface area contributed by atoms with Crippen LogP contribution in [0.15, 0.2) is 36.7 Å². The molecule has 2 aromatic heterocycles. The Kier molecular flexibility index (Phi) is 5.25. The summed E-state index contributed by atoms with van der Waals surface area (Å²) in [6.07, 6.45) is 8.26. The second-order valence-corrected chi connectivity index (χ2v) is 6.01. The SMILES string of the molecule is O=C(O)c1ccc(NCc2ccnc(N3CCCCCC3)c2)nc1. The lowest BCUT2D eigenvalue weighted by Gasteiger charge is -2.21. The number of carbonyl (C=O) groups is 1. The van der Waals surface area contributed by atoms with Crippen molar-refractivity contribution in [2.75, 3.05) is 23.3 Å². The van der Waals surface area contributed by atoms with Gasteiger partial charge < -0.3 is 15.3 Å². The molecular formula is C18H22N4O2. The van der Waals surface area contributed by atoms with Crippen molar-refractivity contribution < 1.29 is 9.90 Å². The van der Waals surface area contributed by atoms with Crippen LogP contribution in [0.4, 0.5) is 11.6 Å². The molecule has 2 N–H and O–H groups in total. The summed E-state index contributed by atoms with van der Waals surface area (Å²) >= 11 is 0. The first-order valence-electron chi connectivity index (χ1n) is 8.35. The third-order valence-electron chi connectivity index (χ3n) is 4.22. The zero-order chi connectivity index (χ0) is 16.8. The van der Waals surface area contributed by atoms with Gasteiger partial charge in [-0.25, -0.2) is 14.8 Å². The molecular weight excluding hydrogens is 304 g/mol. The summed E-state index contributed by atoms with van der Waals surface area (Å²) in [6, 6.07) is 7.33. The minimum absolute atomic E-state index is 0.188. The van der Waals surface area contributed by atoms with Gasteiger partial charge >= 0.3 is 5.97 Å². The van der Waals surface area contributed by atoms with Gasteiger partial charge in [0.2, 0.25) is 0 Å². The Morgan fingerprint density at radius 2 is 1.92 bits per heavy atom. The molecule has 0 radical (unpaired) electrons. The van der Waals surface area contributed by atoms with Gasteiger partial charge in [0.05, 0.1) is 5.56 Å². The van der Waals surface area contributed by atoms with Gasteiger partial charge in [-0.05, 0) is 42.7 Å². The Balaban J connectivity index is 1.62. The van der Waals surface area contributed by atoms with Crippen LogP contribution in [0.3, 0.4) is 0 Å². The maximum atomic E-state index is 10.8. The monoisotopic (exact) mass is 326 g/mol. The summed E-state index contributed by atoms with van der Waals surface area (Å²) in [7, 11) is 0. The fourth-order valence-corrected chi connectivity index (χ4v) is 2.86. The molecule has 0 unspecified atom stereocenters. The maximum Gasteiger partial charge on any atom is 0.337 e. The van der Waals surface area contributed by atoms with Gasteiger partial charge in [-0.1, -0.05) is 12.8 Å². The van der Waals surface area contributed by atoms with E-state index in [1.54, 1.807) is 12.1 Å². The molecule has 3 heterocycles. The quantitative estimate of drug-likeness (QED) is 0.879. The Hall–Kier alpha value is -2.63. The number of anilines is 2. The van der Waals surface area contributed by atoms with E-state index in [1.807, 2.05) is 12.3 Å². The van der Waals surface area contributed by atoms with Crippen molar-refractivity contribution in [3.63, 3.8) is 0 Å². The van der Waals surface area contributed by atoms with E-state index < -0.39 is 5.97 Å². The highest BCUT2D eigenvalue weighted by atomic mass is 16.4. The summed E-state index contributed by atoms with van der Waals surface area (Å²) < 4.78 is 0. The van der Waals surface area contributed by atoms with E-state index in [-0.39, 0.29) is 5.56 Å². The average Bonchev–Trinajstić information content (AvgIpc) is 2.90. The van der Waals surface area contributed by atoms with Crippen molar-refractivity contribution in [1.29, 1.82) is 0 Å². The van der Waals surface area contributed by atoms with Crippen LogP contribution in [-0.4, -0.2) is 34.1 Å². The van der Waals surface area contributed by atoms with Crippen LogP contribution < -0.4 is 10.2 Å². The van der Waals surface area contributed by atoms with Gasteiger partial charge in [-0.3, -0.25) is 0 Å². The Labute approximate surface area is 141 Å². The predicted molar refractivity (Wildman–Crippen MR) is 93.4 cm³/mol. The molecule has 24 heavy (non-hydrogen) atoms. The van der Waals surface area contributed by atoms with Crippen molar-refractivity contribution in [2.45, 2.75) is 32.2 Å². The van der Waals surface area contributed by atoms with Crippen molar-refractivity contribution in [3.05, 3.63) is 47.8 Å². The summed E-state index contributed by atoms with van der Waals surface area (Å²) in [5.41, 5.74) is 1.32. The van der Waals surface area contributed by atoms with Gasteiger partial charge in [0.1, 0.15) is 11.6 Å². The van der Waals surface area contributed by atoms with Crippen LogP contribution >= 0.6 is 0 Å². The van der Waals surface area contributed by atoms with Crippen LogP contribution in [0.1, 0.15) is 41.6 Å². The van der Waals surface area contributed by atoms with E-state index in [0.717, 1.165) is 24.5 Å². The smallest absolute Gasteiger partial charge is 0.337 e. The fraction of sp³-hybridized carbons (Fsp3) is 0.389. The third kappa shape index (κ3) is 4.22. The molecule has 0 spiro atoms. The molecule has 0 amide bonds. The summed E-state index contributed by atoms with van der Waals surface area (Å²) in [4.78, 5) is 21.8. The number of hydrogen-bond donors (Lipinski definition) is 2. The van der Waals surface area contributed by atoms with Gasteiger partial charge in [-0.2, -0.15) is 0 Å². The predicted octanol–water partition coefficient (Wildman–Crippen LogP) is 3.17. The lowest BCUT2D eigenvalue weighted by Crippen LogP contribution is -2.25. The summed E-state index contributed by atoms with van der Waals surface area (Å²) in [5, 5.41) is 12.1. The number of hydrogen-bond acceptors (Lipinski definition) is 5. The fourth-order valence-electron chi connectivity index (χ4n) is 2.86. The highest BCUT2D eigenvalue weighted by Gasteiger charge is 2.11. The zero-order valence-corrected chi connectivity index (χ0v) is 13.6. The molecule has 0 saturated carbocycles. The molecule has 3 rings (SSSR count). The van der Waals surface area contributed by atoms with Crippen LogP contribution in [0, 0.1) is 0 Å². The number of carboxylic acids is 1. The molecule has 0 atom stereocenters. The Morgan fingerprint density at radius 3 is 2.58 bits per heavy atom. The van der Waals surface area contributed by atoms with E-state index >= 15 is 0 Å². The number of nitrogens with zero attached hydrogens (tertiary/aromatic N) is 3. The van der Waals surface area contributed by atoms with Gasteiger partial charge in [0.25, 0.3) is 0 Å². The molecule has 6 heteroatoms. The van der Waals surface area contributed by atoms with Crippen LogP contribution in [0.25, 0.3) is 0 Å². The first-order chi connectivity index (χ1) is 11.7. The number of aromatic carboxylic acids is 1. The molecule has 0 aliphatic carbocycles. The summed E-state index contributed by atoms with van der Waals surface area (Å²) in [6.45, 7) is 2.77. The van der Waals surface area contributed by atoms with E-state index in [0.29, 0.717) is 12.4 Å². The highest BCUT2D eigenvalue weighted by molar-refractivity contribution is 5.87. The molecule has 6 nitrogen and oxygen atoms in total. The lowest BCUT2D eigenvalue weighted by molar-refractivity contribution is 0.0696. The van der Waals surface area contributed by atoms with Crippen LogP contribution in [0.5, 0.6) is 0 Å². The molecule has 2 aromatic rings. The molecule has 0 bridgehead atoms. The van der Waals surface area contributed by atoms with Crippen LogP contribution in [-0.2, 0) is 6.54 Å². The summed E-state index contributed by atoms with van der Waals surface area (Å²) in [5.74, 6) is 0.726. The molecule has 1 fully saturated rings. The average molecular weight is 326 g/mol. The van der Waals surface area contributed by atoms with Crippen LogP contribution in [0.2, 0.25) is 0 Å². The largest absolute Gasteiger partial charge is 0.478 e. The standard InChI is InChI=1S/C18H22N4O2/c23-18(24)15-5-6-16(21-13-15)20-12-14-7-8-19-17(11-14)22-9-3-1-2-4-10-22/h5-8,11,13H,1-4,9-10,12H2,(H,20,21)(H,23,24). The number of nitrogens with one attached hydrogen (secondary N) is 1. The second kappa shape index (κ2) is 7.77. The van der Waals surface area contributed by atoms with Crippen molar-refractivity contribution >= 4 is 17.6 Å². The van der Waals surface area contributed by atoms with E-state index in [1.165, 1.54) is 31.9 Å². The molecule has 126 valence electrons. The van der Waals surface area contributed by atoms with Crippen molar-refractivity contribution in [2.24, 2.45) is 0 Å². The second-order valence-electron chi connectivity index (χ2n) is 6.01. The van der Waals surface area contributed by atoms with E-state index in [9.17, 15) is 4.79 Å². The topological polar surface area (TPSA) is 78.3 Å². The molecule has 1 aliphatic heterocycles.